The molecule has 1 atom stereocenters. The van der Waals surface area contributed by atoms with Gasteiger partial charge >= 0.3 is 5.97 Å². The number of aromatic nitrogens is 2. The zero-order valence-corrected chi connectivity index (χ0v) is 17.6. The summed E-state index contributed by atoms with van der Waals surface area (Å²) >= 11 is 0. The molecule has 31 heavy (non-hydrogen) atoms. The maximum absolute atomic E-state index is 12.6. The molecule has 0 spiro atoms. The predicted molar refractivity (Wildman–Crippen MR) is 111 cm³/mol. The van der Waals surface area contributed by atoms with Gasteiger partial charge in [-0.3, -0.25) is 9.59 Å². The van der Waals surface area contributed by atoms with Gasteiger partial charge in [0.05, 0.1) is 22.4 Å². The summed E-state index contributed by atoms with van der Waals surface area (Å²) in [4.78, 5) is 43.1. The highest BCUT2D eigenvalue weighted by Gasteiger charge is 2.36. The maximum atomic E-state index is 12.6. The van der Waals surface area contributed by atoms with Gasteiger partial charge in [0.1, 0.15) is 0 Å². The van der Waals surface area contributed by atoms with E-state index < -0.39 is 23.9 Å². The number of esters is 1. The number of carbonyl (C=O) groups excluding carboxylic acids is 3. The number of nitrogens with zero attached hydrogens (tertiary/aromatic N) is 3. The number of rotatable bonds is 4. The zero-order valence-electron chi connectivity index (χ0n) is 17.6. The molecule has 0 fully saturated rings. The van der Waals surface area contributed by atoms with Gasteiger partial charge in [0.15, 0.2) is 11.9 Å². The highest BCUT2D eigenvalue weighted by Crippen LogP contribution is 2.29. The molecule has 2 aromatic carbocycles. The SMILES string of the molecule is CC(OC(=O)c1ccc(N2C(=O)c3ccccc3C2=O)cc1)c1nc(C(C)(C)C)no1. The number of benzene rings is 2. The summed E-state index contributed by atoms with van der Waals surface area (Å²) in [5, 5.41) is 3.93. The Bertz CT molecular complexity index is 1140. The Morgan fingerprint density at radius 2 is 1.58 bits per heavy atom. The standard InChI is InChI=1S/C23H21N3O5/c1-13(18-24-22(25-31-18)23(2,3)4)30-21(29)14-9-11-15(12-10-14)26-19(27)16-7-5-6-8-17(16)20(26)28/h5-13H,1-4H3. The summed E-state index contributed by atoms with van der Waals surface area (Å²) in [6.07, 6.45) is -0.730. The third kappa shape index (κ3) is 3.72. The lowest BCUT2D eigenvalue weighted by atomic mass is 9.96. The van der Waals surface area contributed by atoms with E-state index in [4.69, 9.17) is 9.26 Å². The van der Waals surface area contributed by atoms with Gasteiger partial charge in [-0.05, 0) is 43.3 Å². The van der Waals surface area contributed by atoms with E-state index in [9.17, 15) is 14.4 Å². The minimum atomic E-state index is -0.730. The van der Waals surface area contributed by atoms with Crippen molar-refractivity contribution in [3.63, 3.8) is 0 Å². The van der Waals surface area contributed by atoms with Crippen LogP contribution in [0.25, 0.3) is 0 Å². The molecule has 0 bridgehead atoms. The van der Waals surface area contributed by atoms with Crippen LogP contribution < -0.4 is 4.90 Å². The van der Waals surface area contributed by atoms with Crippen molar-refractivity contribution in [2.75, 3.05) is 4.90 Å². The monoisotopic (exact) mass is 419 g/mol. The van der Waals surface area contributed by atoms with Crippen LogP contribution in [0, 0.1) is 0 Å². The van der Waals surface area contributed by atoms with Crippen LogP contribution in [0.2, 0.25) is 0 Å². The van der Waals surface area contributed by atoms with Crippen LogP contribution in [0.3, 0.4) is 0 Å². The topological polar surface area (TPSA) is 103 Å². The maximum Gasteiger partial charge on any atom is 0.338 e. The van der Waals surface area contributed by atoms with Gasteiger partial charge in [-0.1, -0.05) is 38.1 Å². The Morgan fingerprint density at radius 1 is 1.00 bits per heavy atom. The van der Waals surface area contributed by atoms with Gasteiger partial charge in [0.25, 0.3) is 17.7 Å². The Hall–Kier alpha value is -3.81. The van der Waals surface area contributed by atoms with Gasteiger partial charge in [-0.2, -0.15) is 4.98 Å². The quantitative estimate of drug-likeness (QED) is 0.464. The lowest BCUT2D eigenvalue weighted by Gasteiger charge is -2.15. The van der Waals surface area contributed by atoms with Crippen LogP contribution >= 0.6 is 0 Å². The fourth-order valence-corrected chi connectivity index (χ4v) is 3.15. The van der Waals surface area contributed by atoms with Crippen molar-refractivity contribution in [2.24, 2.45) is 0 Å². The number of hydrogen-bond donors (Lipinski definition) is 0. The second kappa shape index (κ2) is 7.46. The molecule has 4 rings (SSSR count). The van der Waals surface area contributed by atoms with Crippen molar-refractivity contribution in [1.29, 1.82) is 0 Å². The van der Waals surface area contributed by atoms with Crippen LogP contribution in [0.4, 0.5) is 5.69 Å². The highest BCUT2D eigenvalue weighted by molar-refractivity contribution is 6.34. The summed E-state index contributed by atoms with van der Waals surface area (Å²) in [5.41, 5.74) is 1.08. The molecule has 3 aromatic rings. The van der Waals surface area contributed by atoms with Gasteiger partial charge in [0, 0.05) is 5.41 Å². The normalized spacial score (nSPS) is 14.5. The first kappa shape index (κ1) is 20.5. The molecule has 0 saturated heterocycles. The minimum Gasteiger partial charge on any atom is -0.449 e. The molecule has 8 heteroatoms. The molecule has 1 aliphatic rings. The predicted octanol–water partition coefficient (Wildman–Crippen LogP) is 4.09. The summed E-state index contributed by atoms with van der Waals surface area (Å²) in [5.74, 6) is -0.639. The van der Waals surface area contributed by atoms with Crippen molar-refractivity contribution in [3.05, 3.63) is 76.9 Å². The molecule has 0 N–H and O–H groups in total. The van der Waals surface area contributed by atoms with E-state index in [2.05, 4.69) is 10.1 Å². The largest absolute Gasteiger partial charge is 0.449 e. The van der Waals surface area contributed by atoms with E-state index in [0.29, 0.717) is 22.6 Å². The number of fused-ring (bicyclic) bond motifs is 1. The van der Waals surface area contributed by atoms with Crippen LogP contribution in [0.15, 0.2) is 53.1 Å². The van der Waals surface area contributed by atoms with Crippen LogP contribution in [-0.4, -0.2) is 27.9 Å². The van der Waals surface area contributed by atoms with Crippen molar-refractivity contribution in [1.82, 2.24) is 10.1 Å². The number of amides is 2. The smallest absolute Gasteiger partial charge is 0.338 e. The molecule has 2 amide bonds. The molecule has 1 aromatic heterocycles. The third-order valence-corrected chi connectivity index (χ3v) is 4.90. The molecule has 8 nitrogen and oxygen atoms in total. The summed E-state index contributed by atoms with van der Waals surface area (Å²) in [6, 6.07) is 12.7. The Labute approximate surface area is 178 Å². The fraction of sp³-hybridized carbons (Fsp3) is 0.261. The molecule has 1 unspecified atom stereocenters. The zero-order chi connectivity index (χ0) is 22.3. The molecule has 0 saturated carbocycles. The highest BCUT2D eigenvalue weighted by atomic mass is 16.6. The lowest BCUT2D eigenvalue weighted by Crippen LogP contribution is -2.29. The molecule has 158 valence electrons. The van der Waals surface area contributed by atoms with Gasteiger partial charge in [0.2, 0.25) is 0 Å². The van der Waals surface area contributed by atoms with E-state index in [0.717, 1.165) is 4.90 Å². The van der Waals surface area contributed by atoms with Crippen molar-refractivity contribution in [3.8, 4) is 0 Å². The molecule has 2 heterocycles. The van der Waals surface area contributed by atoms with Crippen molar-refractivity contribution >= 4 is 23.5 Å². The van der Waals surface area contributed by atoms with E-state index >= 15 is 0 Å². The van der Waals surface area contributed by atoms with E-state index in [-0.39, 0.29) is 16.9 Å². The van der Waals surface area contributed by atoms with E-state index in [1.807, 2.05) is 20.8 Å². The Balaban J connectivity index is 1.47. The minimum absolute atomic E-state index is 0.209. The average Bonchev–Trinajstić information content (AvgIpc) is 3.33. The fourth-order valence-electron chi connectivity index (χ4n) is 3.15. The van der Waals surface area contributed by atoms with Gasteiger partial charge < -0.3 is 9.26 Å². The van der Waals surface area contributed by atoms with E-state index in [1.54, 1.807) is 31.2 Å². The summed E-state index contributed by atoms with van der Waals surface area (Å²) in [6.45, 7) is 7.50. The second-order valence-corrected chi connectivity index (χ2v) is 8.29. The molecular weight excluding hydrogens is 398 g/mol. The van der Waals surface area contributed by atoms with Crippen molar-refractivity contribution < 1.29 is 23.6 Å². The Morgan fingerprint density at radius 3 is 2.10 bits per heavy atom. The summed E-state index contributed by atoms with van der Waals surface area (Å²) in [7, 11) is 0. The van der Waals surface area contributed by atoms with Gasteiger partial charge in [-0.25, -0.2) is 9.69 Å². The number of hydrogen-bond acceptors (Lipinski definition) is 7. The van der Waals surface area contributed by atoms with Crippen LogP contribution in [0.1, 0.15) is 76.6 Å². The number of anilines is 1. The third-order valence-electron chi connectivity index (χ3n) is 4.90. The Kier molecular flexibility index (Phi) is 4.93. The molecule has 1 aliphatic heterocycles. The average molecular weight is 419 g/mol. The lowest BCUT2D eigenvalue weighted by molar-refractivity contribution is 0.0265. The number of imide groups is 1. The van der Waals surface area contributed by atoms with Crippen molar-refractivity contribution in [2.45, 2.75) is 39.2 Å². The van der Waals surface area contributed by atoms with Crippen LogP contribution in [0.5, 0.6) is 0 Å². The molecular formula is C23H21N3O5. The first-order valence-electron chi connectivity index (χ1n) is 9.80. The van der Waals surface area contributed by atoms with Crippen LogP contribution in [-0.2, 0) is 10.2 Å². The molecule has 0 radical (unpaired) electrons. The summed E-state index contributed by atoms with van der Waals surface area (Å²) < 4.78 is 10.6. The van der Waals surface area contributed by atoms with E-state index in [1.165, 1.54) is 24.3 Å². The second-order valence-electron chi connectivity index (χ2n) is 8.29. The van der Waals surface area contributed by atoms with Gasteiger partial charge in [-0.15, -0.1) is 0 Å². The number of ether oxygens (including phenoxy) is 1. The first-order valence-corrected chi connectivity index (χ1v) is 9.80. The first-order chi connectivity index (χ1) is 14.7. The molecule has 0 aliphatic carbocycles. The number of carbonyl (C=O) groups is 3.